The van der Waals surface area contributed by atoms with Gasteiger partial charge < -0.3 is 29.7 Å². The van der Waals surface area contributed by atoms with Crippen molar-refractivity contribution >= 4 is 5.97 Å². The molecule has 0 amide bonds. The highest BCUT2D eigenvalue weighted by atomic mass is 16.5. The number of imidazole rings is 1. The van der Waals surface area contributed by atoms with E-state index < -0.39 is 36.9 Å². The first-order valence-corrected chi connectivity index (χ1v) is 5.33. The molecule has 0 fully saturated rings. The zero-order valence-corrected chi connectivity index (χ0v) is 9.59. The molecular weight excluding hydrogens is 244 g/mol. The average Bonchev–Trinajstić information content (AvgIpc) is 2.81. The molecule has 0 saturated carbocycles. The second-order valence-corrected chi connectivity index (χ2v) is 4.06. The van der Waals surface area contributed by atoms with E-state index in [2.05, 4.69) is 9.72 Å². The van der Waals surface area contributed by atoms with Crippen molar-refractivity contribution in [2.75, 3.05) is 13.7 Å². The van der Waals surface area contributed by atoms with Crippen LogP contribution in [0.25, 0.3) is 0 Å². The fourth-order valence-electron chi connectivity index (χ4n) is 2.02. The summed E-state index contributed by atoms with van der Waals surface area (Å²) in [4.78, 5) is 15.2. The maximum atomic E-state index is 11.3. The summed E-state index contributed by atoms with van der Waals surface area (Å²) in [6.45, 7) is -0.463. The third kappa shape index (κ3) is 1.79. The number of methoxy groups -OCH3 is 1. The predicted octanol–water partition coefficient (Wildman–Crippen LogP) is -2.03. The molecular formula is C10H14N2O6. The van der Waals surface area contributed by atoms with Crippen molar-refractivity contribution < 1.29 is 30.0 Å². The molecule has 0 unspecified atom stereocenters. The minimum Gasteiger partial charge on any atom is -0.464 e. The number of esters is 1. The van der Waals surface area contributed by atoms with E-state index in [0.717, 1.165) is 0 Å². The number of ether oxygens (including phenoxy) is 1. The van der Waals surface area contributed by atoms with Gasteiger partial charge in [-0.2, -0.15) is 0 Å². The molecule has 8 heteroatoms. The van der Waals surface area contributed by atoms with Gasteiger partial charge in [-0.15, -0.1) is 0 Å². The highest BCUT2D eigenvalue weighted by molar-refractivity contribution is 5.87. The molecule has 100 valence electrons. The van der Waals surface area contributed by atoms with Gasteiger partial charge in [0.15, 0.2) is 5.69 Å². The Morgan fingerprint density at radius 2 is 2.11 bits per heavy atom. The van der Waals surface area contributed by atoms with E-state index in [-0.39, 0.29) is 11.5 Å². The van der Waals surface area contributed by atoms with Gasteiger partial charge in [-0.05, 0) is 0 Å². The molecule has 4 N–H and O–H groups in total. The molecule has 0 saturated heterocycles. The quantitative estimate of drug-likeness (QED) is 0.451. The van der Waals surface area contributed by atoms with E-state index in [4.69, 9.17) is 0 Å². The Morgan fingerprint density at radius 1 is 1.44 bits per heavy atom. The number of carbonyl (C=O) groups is 1. The number of nitrogens with zero attached hydrogens (tertiary/aromatic N) is 2. The molecule has 1 aliphatic rings. The third-order valence-electron chi connectivity index (χ3n) is 3.03. The Kier molecular flexibility index (Phi) is 3.35. The van der Waals surface area contributed by atoms with Gasteiger partial charge in [0.1, 0.15) is 24.1 Å². The Bertz CT molecular complexity index is 459. The molecule has 4 atom stereocenters. The summed E-state index contributed by atoms with van der Waals surface area (Å²) in [5, 5.41) is 38.3. The number of carbonyl (C=O) groups excluding carboxylic acids is 1. The highest BCUT2D eigenvalue weighted by Gasteiger charge is 2.42. The van der Waals surface area contributed by atoms with Gasteiger partial charge in [0.25, 0.3) is 0 Å². The van der Waals surface area contributed by atoms with Crippen LogP contribution in [0.5, 0.6) is 0 Å². The lowest BCUT2D eigenvalue weighted by Crippen LogP contribution is -2.46. The lowest BCUT2D eigenvalue weighted by atomic mass is 9.96. The minimum atomic E-state index is -1.47. The molecule has 0 bridgehead atoms. The van der Waals surface area contributed by atoms with Gasteiger partial charge in [0.05, 0.1) is 19.8 Å². The summed E-state index contributed by atoms with van der Waals surface area (Å²) >= 11 is 0. The molecule has 0 aromatic carbocycles. The van der Waals surface area contributed by atoms with E-state index in [1.54, 1.807) is 0 Å². The van der Waals surface area contributed by atoms with E-state index >= 15 is 0 Å². The van der Waals surface area contributed by atoms with Crippen LogP contribution in [0.2, 0.25) is 0 Å². The fraction of sp³-hybridized carbons (Fsp3) is 0.600. The first-order valence-electron chi connectivity index (χ1n) is 5.33. The van der Waals surface area contributed by atoms with E-state index in [1.165, 1.54) is 17.9 Å². The van der Waals surface area contributed by atoms with Gasteiger partial charge in [-0.25, -0.2) is 9.78 Å². The number of hydrogen-bond donors (Lipinski definition) is 4. The van der Waals surface area contributed by atoms with Gasteiger partial charge in [0.2, 0.25) is 0 Å². The molecule has 1 aromatic rings. The summed E-state index contributed by atoms with van der Waals surface area (Å²) in [5.41, 5.74) is -0.0636. The van der Waals surface area contributed by atoms with Crippen LogP contribution in [0.15, 0.2) is 6.20 Å². The number of hydrogen-bond acceptors (Lipinski definition) is 7. The van der Waals surface area contributed by atoms with Gasteiger partial charge in [-0.3, -0.25) is 0 Å². The maximum absolute atomic E-state index is 11.3. The lowest BCUT2D eigenvalue weighted by molar-refractivity contribution is -0.108. The normalized spacial score (nSPS) is 30.9. The zero-order chi connectivity index (χ0) is 13.4. The van der Waals surface area contributed by atoms with Crippen LogP contribution in [0, 0.1) is 0 Å². The van der Waals surface area contributed by atoms with Crippen molar-refractivity contribution in [1.29, 1.82) is 0 Å². The summed E-state index contributed by atoms with van der Waals surface area (Å²) < 4.78 is 5.76. The Labute approximate surface area is 102 Å². The lowest BCUT2D eigenvalue weighted by Gasteiger charge is -2.35. The largest absolute Gasteiger partial charge is 0.464 e. The predicted molar refractivity (Wildman–Crippen MR) is 56.7 cm³/mol. The summed E-state index contributed by atoms with van der Waals surface area (Å²) in [7, 11) is 1.18. The first kappa shape index (κ1) is 13.0. The Balaban J connectivity index is 2.48. The van der Waals surface area contributed by atoms with Gasteiger partial charge in [0, 0.05) is 6.20 Å². The molecule has 18 heavy (non-hydrogen) atoms. The highest BCUT2D eigenvalue weighted by Crippen LogP contribution is 2.32. The van der Waals surface area contributed by atoms with Crippen LogP contribution in [0.1, 0.15) is 28.5 Å². The van der Waals surface area contributed by atoms with Crippen molar-refractivity contribution in [3.8, 4) is 0 Å². The standard InChI is InChI=1S/C10H14N2O6/c1-18-10(17)4-2-12-5(3-13)6(14)7(15)8(16)9(12)11-4/h2,5-8,13-16H,3H2,1H3/t5-,6-,7+,8+/m1/s1. The molecule has 0 radical (unpaired) electrons. The van der Waals surface area contributed by atoms with Crippen molar-refractivity contribution in [2.45, 2.75) is 24.4 Å². The van der Waals surface area contributed by atoms with Crippen LogP contribution in [-0.4, -0.2) is 61.9 Å². The first-order chi connectivity index (χ1) is 8.51. The molecule has 1 aromatic heterocycles. The maximum Gasteiger partial charge on any atom is 0.358 e. The monoisotopic (exact) mass is 258 g/mol. The number of aliphatic hydroxyl groups is 4. The zero-order valence-electron chi connectivity index (χ0n) is 9.59. The van der Waals surface area contributed by atoms with Crippen molar-refractivity contribution in [2.24, 2.45) is 0 Å². The molecule has 8 nitrogen and oxygen atoms in total. The van der Waals surface area contributed by atoms with Gasteiger partial charge >= 0.3 is 5.97 Å². The number of rotatable bonds is 2. The fourth-order valence-corrected chi connectivity index (χ4v) is 2.02. The topological polar surface area (TPSA) is 125 Å². The van der Waals surface area contributed by atoms with Crippen LogP contribution >= 0.6 is 0 Å². The number of aliphatic hydroxyl groups excluding tert-OH is 4. The molecule has 2 heterocycles. The summed E-state index contributed by atoms with van der Waals surface area (Å²) in [5.74, 6) is -0.697. The average molecular weight is 258 g/mol. The van der Waals surface area contributed by atoms with E-state index in [1.807, 2.05) is 0 Å². The van der Waals surface area contributed by atoms with Crippen molar-refractivity contribution in [3.63, 3.8) is 0 Å². The summed E-state index contributed by atoms with van der Waals surface area (Å²) in [6.07, 6.45) is -2.98. The second kappa shape index (κ2) is 4.65. The molecule has 2 rings (SSSR count). The van der Waals surface area contributed by atoms with Crippen LogP contribution in [0.3, 0.4) is 0 Å². The molecule has 0 aliphatic carbocycles. The smallest absolute Gasteiger partial charge is 0.358 e. The third-order valence-corrected chi connectivity index (χ3v) is 3.03. The molecule has 0 spiro atoms. The van der Waals surface area contributed by atoms with Crippen molar-refractivity contribution in [1.82, 2.24) is 9.55 Å². The second-order valence-electron chi connectivity index (χ2n) is 4.06. The van der Waals surface area contributed by atoms with Gasteiger partial charge in [-0.1, -0.05) is 0 Å². The number of fused-ring (bicyclic) bond motifs is 1. The summed E-state index contributed by atoms with van der Waals surface area (Å²) in [6, 6.07) is -0.871. The Morgan fingerprint density at radius 3 is 2.67 bits per heavy atom. The van der Waals surface area contributed by atoms with Crippen LogP contribution < -0.4 is 0 Å². The van der Waals surface area contributed by atoms with E-state index in [9.17, 15) is 25.2 Å². The Hall–Kier alpha value is -1.48. The number of aromatic nitrogens is 2. The minimum absolute atomic E-state index is 0.00671. The molecule has 1 aliphatic heterocycles. The van der Waals surface area contributed by atoms with Crippen LogP contribution in [-0.2, 0) is 4.74 Å². The van der Waals surface area contributed by atoms with Crippen LogP contribution in [0.4, 0.5) is 0 Å². The van der Waals surface area contributed by atoms with Crippen molar-refractivity contribution in [3.05, 3.63) is 17.7 Å². The SMILES string of the molecule is COC(=O)c1cn2c(n1)[C@@H](O)[C@@H](O)[C@H](O)[C@H]2CO. The van der Waals surface area contributed by atoms with E-state index in [0.29, 0.717) is 0 Å².